The quantitative estimate of drug-likeness (QED) is 0.167. The Bertz CT molecular complexity index is 389. The van der Waals surface area contributed by atoms with Gasteiger partial charge >= 0.3 is 13.3 Å². The van der Waals surface area contributed by atoms with Crippen molar-refractivity contribution in [2.24, 2.45) is 0 Å². The maximum atomic E-state index is 11.6. The zero-order chi connectivity index (χ0) is 19.6. The van der Waals surface area contributed by atoms with Crippen LogP contribution >= 0.6 is 0 Å². The minimum Gasteiger partial charge on any atom is -0.463 e. The molecule has 0 bridgehead atoms. The number of rotatable bonds is 17. The minimum absolute atomic E-state index is 0.154. The largest absolute Gasteiger partial charge is 0.637 e. The van der Waals surface area contributed by atoms with Crippen LogP contribution in [-0.4, -0.2) is 37.6 Å². The number of esters is 1. The van der Waals surface area contributed by atoms with Crippen LogP contribution in [0.5, 0.6) is 0 Å². The third-order valence-corrected chi connectivity index (χ3v) is 4.81. The fraction of sp³-hybridized carbons (Fsp3) is 0.857. The van der Waals surface area contributed by atoms with Gasteiger partial charge < -0.3 is 19.1 Å². The Morgan fingerprint density at radius 2 is 1.59 bits per heavy atom. The van der Waals surface area contributed by atoms with Gasteiger partial charge in [-0.1, -0.05) is 70.4 Å². The molecule has 0 spiro atoms. The van der Waals surface area contributed by atoms with Crippen molar-refractivity contribution in [2.75, 3.05) is 13.2 Å². The zero-order valence-corrected chi connectivity index (χ0v) is 17.2. The molecule has 1 atom stereocenters. The lowest BCUT2D eigenvalue weighted by atomic mass is 10.1. The van der Waals surface area contributed by atoms with Crippen molar-refractivity contribution in [3.63, 3.8) is 0 Å². The summed E-state index contributed by atoms with van der Waals surface area (Å²) in [5, 5.41) is 9.03. The second-order valence-electron chi connectivity index (χ2n) is 7.42. The summed E-state index contributed by atoms with van der Waals surface area (Å²) in [5.74, 6) is -0.197. The fourth-order valence-corrected chi connectivity index (χ4v) is 3.12. The van der Waals surface area contributed by atoms with E-state index in [1.165, 1.54) is 70.6 Å². The van der Waals surface area contributed by atoms with Crippen molar-refractivity contribution >= 4 is 13.3 Å². The van der Waals surface area contributed by atoms with Crippen LogP contribution in [0.1, 0.15) is 96.8 Å². The van der Waals surface area contributed by atoms with Gasteiger partial charge in [0.05, 0.1) is 6.61 Å². The molecule has 1 fully saturated rings. The highest BCUT2D eigenvalue weighted by molar-refractivity contribution is 6.35. The van der Waals surface area contributed by atoms with Crippen LogP contribution in [0.4, 0.5) is 0 Å². The number of ether oxygens (including phenoxy) is 1. The summed E-state index contributed by atoms with van der Waals surface area (Å²) in [6.45, 7) is 2.68. The van der Waals surface area contributed by atoms with Gasteiger partial charge in [-0.3, -0.25) is 4.79 Å². The molecule has 1 aliphatic rings. The van der Waals surface area contributed by atoms with Crippen molar-refractivity contribution in [3.05, 3.63) is 12.2 Å². The average Bonchev–Trinajstić information content (AvgIpc) is 3.08. The van der Waals surface area contributed by atoms with E-state index in [2.05, 4.69) is 19.1 Å². The van der Waals surface area contributed by atoms with E-state index in [9.17, 15) is 4.79 Å². The Kier molecular flexibility index (Phi) is 15.5. The van der Waals surface area contributed by atoms with Crippen molar-refractivity contribution in [3.8, 4) is 0 Å². The van der Waals surface area contributed by atoms with Crippen LogP contribution < -0.4 is 0 Å². The predicted molar refractivity (Wildman–Crippen MR) is 109 cm³/mol. The fourth-order valence-electron chi connectivity index (χ4n) is 3.12. The molecule has 1 N–H and O–H groups in total. The highest BCUT2D eigenvalue weighted by Crippen LogP contribution is 2.11. The summed E-state index contributed by atoms with van der Waals surface area (Å²) in [4.78, 5) is 11.6. The van der Waals surface area contributed by atoms with Gasteiger partial charge in [-0.05, 0) is 32.1 Å². The van der Waals surface area contributed by atoms with Gasteiger partial charge in [0.25, 0.3) is 0 Å². The average molecular weight is 382 g/mol. The molecule has 0 aromatic rings. The maximum absolute atomic E-state index is 11.6. The lowest BCUT2D eigenvalue weighted by Gasteiger charge is -2.09. The number of allylic oxidation sites excluding steroid dienone is 2. The summed E-state index contributed by atoms with van der Waals surface area (Å²) < 4.78 is 14.9. The molecule has 1 saturated heterocycles. The Hall–Kier alpha value is -0.845. The Morgan fingerprint density at radius 1 is 1.00 bits per heavy atom. The summed E-state index contributed by atoms with van der Waals surface area (Å²) in [6.07, 6.45) is 20.9. The second kappa shape index (κ2) is 17.3. The Labute approximate surface area is 166 Å². The molecule has 27 heavy (non-hydrogen) atoms. The number of carbonyl (C=O) groups is 1. The van der Waals surface area contributed by atoms with Crippen LogP contribution in [0, 0.1) is 0 Å². The SMILES string of the molecule is CCCCCCCCC=CCCCCCCCC(=O)OCC1COB(O)O1. The van der Waals surface area contributed by atoms with Crippen molar-refractivity contribution in [1.82, 2.24) is 0 Å². The number of unbranched alkanes of at least 4 members (excludes halogenated alkanes) is 11. The van der Waals surface area contributed by atoms with Crippen LogP contribution in [0.2, 0.25) is 0 Å². The van der Waals surface area contributed by atoms with Gasteiger partial charge in [-0.15, -0.1) is 0 Å². The normalized spacial score (nSPS) is 17.1. The van der Waals surface area contributed by atoms with Gasteiger partial charge in [-0.2, -0.15) is 0 Å². The van der Waals surface area contributed by atoms with E-state index in [1.54, 1.807) is 0 Å². The first-order valence-corrected chi connectivity index (χ1v) is 11.0. The van der Waals surface area contributed by atoms with E-state index in [-0.39, 0.29) is 25.3 Å². The van der Waals surface area contributed by atoms with Crippen molar-refractivity contribution < 1.29 is 23.9 Å². The van der Waals surface area contributed by atoms with Gasteiger partial charge in [0.15, 0.2) is 0 Å². The van der Waals surface area contributed by atoms with E-state index in [4.69, 9.17) is 19.1 Å². The first-order chi connectivity index (χ1) is 13.2. The molecular formula is C21H39BO5. The molecule has 1 heterocycles. The summed E-state index contributed by atoms with van der Waals surface area (Å²) in [7, 11) is -1.18. The molecule has 1 aliphatic heterocycles. The van der Waals surface area contributed by atoms with Crippen LogP contribution in [0.3, 0.4) is 0 Å². The number of carbonyl (C=O) groups excluding carboxylic acids is 1. The van der Waals surface area contributed by atoms with E-state index < -0.39 is 7.32 Å². The molecule has 0 amide bonds. The van der Waals surface area contributed by atoms with Crippen LogP contribution in [0.15, 0.2) is 12.2 Å². The zero-order valence-electron chi connectivity index (χ0n) is 17.2. The Balaban J connectivity index is 1.78. The van der Waals surface area contributed by atoms with Crippen molar-refractivity contribution in [2.45, 2.75) is 103 Å². The molecule has 0 aliphatic carbocycles. The lowest BCUT2D eigenvalue weighted by Crippen LogP contribution is -2.22. The topological polar surface area (TPSA) is 65.0 Å². The molecule has 0 saturated carbocycles. The highest BCUT2D eigenvalue weighted by atomic mass is 16.7. The monoisotopic (exact) mass is 382 g/mol. The third-order valence-electron chi connectivity index (χ3n) is 4.81. The van der Waals surface area contributed by atoms with E-state index in [0.717, 1.165) is 12.8 Å². The molecule has 0 aromatic heterocycles. The second-order valence-corrected chi connectivity index (χ2v) is 7.42. The van der Waals surface area contributed by atoms with E-state index in [0.29, 0.717) is 6.42 Å². The third kappa shape index (κ3) is 14.8. The van der Waals surface area contributed by atoms with Gasteiger partial charge in [0.1, 0.15) is 12.7 Å². The summed E-state index contributed by atoms with van der Waals surface area (Å²) in [5.41, 5.74) is 0. The van der Waals surface area contributed by atoms with Crippen LogP contribution in [-0.2, 0) is 18.8 Å². The summed E-state index contributed by atoms with van der Waals surface area (Å²) >= 11 is 0. The van der Waals surface area contributed by atoms with Crippen LogP contribution in [0.25, 0.3) is 0 Å². The molecule has 1 unspecified atom stereocenters. The molecule has 1 rings (SSSR count). The summed E-state index contributed by atoms with van der Waals surface area (Å²) in [6, 6.07) is 0. The minimum atomic E-state index is -1.18. The molecule has 0 aromatic carbocycles. The number of hydrogen-bond donors (Lipinski definition) is 1. The Morgan fingerprint density at radius 3 is 2.19 bits per heavy atom. The molecule has 156 valence electrons. The molecular weight excluding hydrogens is 343 g/mol. The molecule has 6 heteroatoms. The first-order valence-electron chi connectivity index (χ1n) is 11.0. The lowest BCUT2D eigenvalue weighted by molar-refractivity contribution is -0.146. The van der Waals surface area contributed by atoms with Crippen molar-refractivity contribution in [1.29, 1.82) is 0 Å². The first kappa shape index (κ1) is 24.2. The molecule has 0 radical (unpaired) electrons. The number of hydrogen-bond acceptors (Lipinski definition) is 5. The maximum Gasteiger partial charge on any atom is 0.637 e. The van der Waals surface area contributed by atoms with Gasteiger partial charge in [0, 0.05) is 6.42 Å². The highest BCUT2D eigenvalue weighted by Gasteiger charge is 2.31. The molecule has 5 nitrogen and oxygen atoms in total. The smallest absolute Gasteiger partial charge is 0.463 e. The predicted octanol–water partition coefficient (Wildman–Crippen LogP) is 4.96. The van der Waals surface area contributed by atoms with Gasteiger partial charge in [0.2, 0.25) is 0 Å². The van der Waals surface area contributed by atoms with E-state index in [1.807, 2.05) is 0 Å². The van der Waals surface area contributed by atoms with E-state index >= 15 is 0 Å². The van der Waals surface area contributed by atoms with Gasteiger partial charge in [-0.25, -0.2) is 0 Å². The standard InChI is InChI=1S/C21H39BO5/c1-2-3-4-5-6-7-8-9-10-11-12-13-14-15-16-17-21(23)25-18-20-19-26-22(24)27-20/h9-10,20,24H,2-8,11-19H2,1H3.